The van der Waals surface area contributed by atoms with Crippen LogP contribution in [-0.4, -0.2) is 6.61 Å². The largest absolute Gasteiger partial charge is 0.494 e. The Bertz CT molecular complexity index is 246. The van der Waals surface area contributed by atoms with E-state index in [9.17, 15) is 0 Å². The van der Waals surface area contributed by atoms with E-state index in [1.54, 1.807) is 0 Å². The molecule has 78 valence electrons. The Kier molecular flexibility index (Phi) is 5.04. The van der Waals surface area contributed by atoms with E-state index in [2.05, 4.69) is 11.8 Å². The summed E-state index contributed by atoms with van der Waals surface area (Å²) < 4.78 is 5.51. The van der Waals surface area contributed by atoms with Crippen LogP contribution in [0.3, 0.4) is 0 Å². The van der Waals surface area contributed by atoms with Gasteiger partial charge in [0.2, 0.25) is 0 Å². The highest BCUT2D eigenvalue weighted by Gasteiger charge is 1.94. The highest BCUT2D eigenvalue weighted by molar-refractivity contribution is 5.26. The fraction of sp³-hybridized carbons (Fsp3) is 0.455. The second kappa shape index (κ2) is 6.40. The Morgan fingerprint density at radius 1 is 1.21 bits per heavy atom. The summed E-state index contributed by atoms with van der Waals surface area (Å²) in [6.45, 7) is 3.36. The minimum atomic E-state index is 0.440. The number of unbranched alkanes of at least 4 members (excludes halogenated alkanes) is 1. The molecule has 3 nitrogen and oxygen atoms in total. The zero-order valence-corrected chi connectivity index (χ0v) is 8.53. The molecule has 0 aromatic heterocycles. The maximum atomic E-state index is 5.51. The zero-order chi connectivity index (χ0) is 10.2. The second-order valence-electron chi connectivity index (χ2n) is 3.16. The molecule has 1 aromatic rings. The maximum Gasteiger partial charge on any atom is 0.119 e. The van der Waals surface area contributed by atoms with Crippen molar-refractivity contribution in [2.75, 3.05) is 6.61 Å². The van der Waals surface area contributed by atoms with Gasteiger partial charge in [0.15, 0.2) is 0 Å². The van der Waals surface area contributed by atoms with Crippen LogP contribution in [0.15, 0.2) is 24.3 Å². The van der Waals surface area contributed by atoms with Crippen LogP contribution in [0, 0.1) is 0 Å². The summed E-state index contributed by atoms with van der Waals surface area (Å²) in [6.07, 6.45) is 2.24. The molecule has 0 radical (unpaired) electrons. The summed E-state index contributed by atoms with van der Waals surface area (Å²) in [5.41, 5.74) is 1.05. The van der Waals surface area contributed by atoms with Crippen molar-refractivity contribution in [3.8, 4) is 5.75 Å². The van der Waals surface area contributed by atoms with Crippen LogP contribution in [0.4, 0.5) is 0 Å². The van der Waals surface area contributed by atoms with E-state index in [0.29, 0.717) is 6.61 Å². The van der Waals surface area contributed by atoms with E-state index in [4.69, 9.17) is 10.6 Å². The van der Waals surface area contributed by atoms with Crippen LogP contribution in [0.2, 0.25) is 0 Å². The molecule has 1 aromatic carbocycles. The van der Waals surface area contributed by atoms with Crippen LogP contribution < -0.4 is 10.6 Å². The summed E-state index contributed by atoms with van der Waals surface area (Å²) in [7, 11) is 0. The number of hydrogen-bond donors (Lipinski definition) is 1. The lowest BCUT2D eigenvalue weighted by Crippen LogP contribution is -1.99. The Morgan fingerprint density at radius 2 is 1.93 bits per heavy atom. The molecular weight excluding hydrogens is 178 g/mol. The molecule has 0 saturated carbocycles. The van der Waals surface area contributed by atoms with Gasteiger partial charge in [-0.3, -0.25) is 4.84 Å². The lowest BCUT2D eigenvalue weighted by atomic mass is 10.2. The normalized spacial score (nSPS) is 10.1. The minimum absolute atomic E-state index is 0.440. The molecule has 0 unspecified atom stereocenters. The van der Waals surface area contributed by atoms with Crippen molar-refractivity contribution >= 4 is 0 Å². The Morgan fingerprint density at radius 3 is 2.50 bits per heavy atom. The number of nitrogens with two attached hydrogens (primary N) is 1. The third-order valence-corrected chi connectivity index (χ3v) is 1.94. The number of ether oxygens (including phenoxy) is 1. The molecule has 14 heavy (non-hydrogen) atoms. The first-order valence-corrected chi connectivity index (χ1v) is 4.90. The Hall–Kier alpha value is -1.06. The van der Waals surface area contributed by atoms with Gasteiger partial charge in [-0.25, -0.2) is 5.90 Å². The molecule has 0 heterocycles. The highest BCUT2D eigenvalue weighted by Crippen LogP contribution is 2.12. The molecule has 0 aliphatic carbocycles. The van der Waals surface area contributed by atoms with Crippen molar-refractivity contribution in [2.45, 2.75) is 26.4 Å². The number of hydrogen-bond acceptors (Lipinski definition) is 3. The van der Waals surface area contributed by atoms with Crippen molar-refractivity contribution in [2.24, 2.45) is 5.90 Å². The van der Waals surface area contributed by atoms with Crippen molar-refractivity contribution in [3.05, 3.63) is 29.8 Å². The van der Waals surface area contributed by atoms with Gasteiger partial charge in [0, 0.05) is 0 Å². The van der Waals surface area contributed by atoms with Crippen molar-refractivity contribution in [1.82, 2.24) is 0 Å². The van der Waals surface area contributed by atoms with Crippen LogP contribution >= 0.6 is 0 Å². The van der Waals surface area contributed by atoms with Crippen LogP contribution in [-0.2, 0) is 11.4 Å². The lowest BCUT2D eigenvalue weighted by molar-refractivity contribution is 0.124. The van der Waals surface area contributed by atoms with Gasteiger partial charge in [0.25, 0.3) is 0 Å². The maximum absolute atomic E-state index is 5.51. The van der Waals surface area contributed by atoms with Crippen LogP contribution in [0.1, 0.15) is 25.3 Å². The molecule has 1 rings (SSSR count). The third-order valence-electron chi connectivity index (χ3n) is 1.94. The molecule has 0 fully saturated rings. The van der Waals surface area contributed by atoms with E-state index >= 15 is 0 Å². The first-order valence-electron chi connectivity index (χ1n) is 4.90. The zero-order valence-electron chi connectivity index (χ0n) is 8.53. The summed E-state index contributed by atoms with van der Waals surface area (Å²) in [6, 6.07) is 7.77. The summed E-state index contributed by atoms with van der Waals surface area (Å²) in [5, 5.41) is 0. The van der Waals surface area contributed by atoms with Gasteiger partial charge in [-0.15, -0.1) is 0 Å². The molecule has 0 saturated heterocycles. The van der Waals surface area contributed by atoms with Gasteiger partial charge in [-0.2, -0.15) is 0 Å². The third kappa shape index (κ3) is 3.77. The molecule has 0 spiro atoms. The second-order valence-corrected chi connectivity index (χ2v) is 3.16. The smallest absolute Gasteiger partial charge is 0.119 e. The topological polar surface area (TPSA) is 44.5 Å². The predicted molar refractivity (Wildman–Crippen MR) is 55.8 cm³/mol. The molecule has 0 atom stereocenters. The molecule has 0 aliphatic rings. The van der Waals surface area contributed by atoms with Crippen molar-refractivity contribution in [1.29, 1.82) is 0 Å². The van der Waals surface area contributed by atoms with Gasteiger partial charge >= 0.3 is 0 Å². The average molecular weight is 195 g/mol. The molecule has 0 bridgehead atoms. The van der Waals surface area contributed by atoms with Gasteiger partial charge in [-0.05, 0) is 24.1 Å². The first kappa shape index (κ1) is 11.0. The monoisotopic (exact) mass is 195 g/mol. The highest BCUT2D eigenvalue weighted by atomic mass is 16.6. The van der Waals surface area contributed by atoms with E-state index in [0.717, 1.165) is 30.8 Å². The quantitative estimate of drug-likeness (QED) is 0.559. The van der Waals surface area contributed by atoms with E-state index < -0.39 is 0 Å². The van der Waals surface area contributed by atoms with E-state index in [1.165, 1.54) is 0 Å². The molecule has 2 N–H and O–H groups in total. The van der Waals surface area contributed by atoms with E-state index in [-0.39, 0.29) is 0 Å². The average Bonchev–Trinajstić information content (AvgIpc) is 2.21. The summed E-state index contributed by atoms with van der Waals surface area (Å²) >= 11 is 0. The van der Waals surface area contributed by atoms with Gasteiger partial charge in [-0.1, -0.05) is 25.5 Å². The lowest BCUT2D eigenvalue weighted by Gasteiger charge is -2.05. The first-order chi connectivity index (χ1) is 6.86. The van der Waals surface area contributed by atoms with Gasteiger partial charge in [0.1, 0.15) is 5.75 Å². The molecule has 0 aliphatic heterocycles. The predicted octanol–water partition coefficient (Wildman–Crippen LogP) is 2.26. The van der Waals surface area contributed by atoms with Crippen molar-refractivity contribution in [3.63, 3.8) is 0 Å². The number of rotatable bonds is 6. The van der Waals surface area contributed by atoms with Gasteiger partial charge < -0.3 is 4.74 Å². The molecule has 0 amide bonds. The molecular formula is C11H17NO2. The Balaban J connectivity index is 2.38. The van der Waals surface area contributed by atoms with Crippen LogP contribution in [0.25, 0.3) is 0 Å². The SMILES string of the molecule is CCCCOc1ccc(CON)cc1. The number of benzene rings is 1. The fourth-order valence-electron chi connectivity index (χ4n) is 1.11. The van der Waals surface area contributed by atoms with Crippen molar-refractivity contribution < 1.29 is 9.57 Å². The summed E-state index contributed by atoms with van der Waals surface area (Å²) in [5.74, 6) is 5.87. The Labute approximate surface area is 84.8 Å². The fourth-order valence-corrected chi connectivity index (χ4v) is 1.11. The van der Waals surface area contributed by atoms with Crippen LogP contribution in [0.5, 0.6) is 5.75 Å². The molecule has 3 heteroatoms. The summed E-state index contributed by atoms with van der Waals surface area (Å²) in [4.78, 5) is 4.53. The van der Waals surface area contributed by atoms with E-state index in [1.807, 2.05) is 24.3 Å². The standard InChI is InChI=1S/C11H17NO2/c1-2-3-8-13-11-6-4-10(5-7-11)9-14-12/h4-7H,2-3,8-9,12H2,1H3. The minimum Gasteiger partial charge on any atom is -0.494 e. The van der Waals surface area contributed by atoms with Gasteiger partial charge in [0.05, 0.1) is 13.2 Å².